The maximum Gasteiger partial charge on any atom is 0.338 e. The number of methoxy groups -OCH3 is 2. The smallest absolute Gasteiger partial charge is 0.338 e. The molecule has 0 saturated carbocycles. The number of nitrogens with zero attached hydrogens (tertiary/aromatic N) is 2. The summed E-state index contributed by atoms with van der Waals surface area (Å²) in [6, 6.07) is 26.1. The summed E-state index contributed by atoms with van der Waals surface area (Å²) in [6.45, 7) is 14.3. The molecule has 4 aromatic carbocycles. The highest BCUT2D eigenvalue weighted by atomic mass is 35.5. The van der Waals surface area contributed by atoms with Crippen molar-refractivity contribution in [3.05, 3.63) is 107 Å². The van der Waals surface area contributed by atoms with Crippen molar-refractivity contribution in [1.29, 1.82) is 0 Å². The first-order valence-corrected chi connectivity index (χ1v) is 26.9. The van der Waals surface area contributed by atoms with Gasteiger partial charge in [-0.3, -0.25) is 29.0 Å². The van der Waals surface area contributed by atoms with E-state index in [-0.39, 0.29) is 54.0 Å². The van der Waals surface area contributed by atoms with Gasteiger partial charge in [-0.15, -0.1) is 46.7 Å². The second-order valence-corrected chi connectivity index (χ2v) is 21.9. The van der Waals surface area contributed by atoms with Gasteiger partial charge < -0.3 is 28.4 Å². The molecule has 0 N–H and O–H groups in total. The van der Waals surface area contributed by atoms with E-state index in [0.29, 0.717) is 35.3 Å². The first-order chi connectivity index (χ1) is 34.6. The molecule has 396 valence electrons. The lowest BCUT2D eigenvalue weighted by atomic mass is 10.1. The highest BCUT2D eigenvalue weighted by molar-refractivity contribution is 8.01. The molecule has 2 amide bonds. The van der Waals surface area contributed by atoms with Crippen LogP contribution in [0, 0.1) is 0 Å². The van der Waals surface area contributed by atoms with E-state index in [9.17, 15) is 28.8 Å². The predicted octanol–water partition coefficient (Wildman–Crippen LogP) is 11.5. The van der Waals surface area contributed by atoms with E-state index < -0.39 is 35.1 Å². The van der Waals surface area contributed by atoms with Gasteiger partial charge in [-0.25, -0.2) is 9.59 Å². The lowest BCUT2D eigenvalue weighted by molar-refractivity contribution is -0.154. The number of benzene rings is 4. The molecule has 4 aromatic rings. The Morgan fingerprint density at radius 3 is 1.21 bits per heavy atom. The van der Waals surface area contributed by atoms with Gasteiger partial charge in [-0.1, -0.05) is 24.3 Å². The minimum Gasteiger partial charge on any atom is -0.497 e. The minimum absolute atomic E-state index is 0.163. The van der Waals surface area contributed by atoms with Gasteiger partial charge in [0, 0.05) is 9.79 Å². The van der Waals surface area contributed by atoms with Crippen molar-refractivity contribution in [2.75, 3.05) is 55.7 Å². The molecule has 2 atom stereocenters. The van der Waals surface area contributed by atoms with E-state index in [1.165, 1.54) is 44.5 Å². The molecule has 73 heavy (non-hydrogen) atoms. The van der Waals surface area contributed by atoms with Crippen molar-refractivity contribution in [2.45, 2.75) is 125 Å². The first kappa shape index (κ1) is 60.1. The summed E-state index contributed by atoms with van der Waals surface area (Å²) in [4.78, 5) is 81.4. The van der Waals surface area contributed by atoms with Crippen LogP contribution in [0.2, 0.25) is 0 Å². The summed E-state index contributed by atoms with van der Waals surface area (Å²) in [5, 5.41) is -0.478. The molecule has 18 heteroatoms. The Hall–Kier alpha value is -5.42. The normalized spacial score (nSPS) is 15.0. The van der Waals surface area contributed by atoms with Gasteiger partial charge in [0.2, 0.25) is 11.8 Å². The summed E-state index contributed by atoms with van der Waals surface area (Å²) in [6.07, 6.45) is 4.58. The molecule has 0 bridgehead atoms. The van der Waals surface area contributed by atoms with Gasteiger partial charge in [0.25, 0.3) is 0 Å². The van der Waals surface area contributed by atoms with Crippen LogP contribution in [0.4, 0.5) is 11.4 Å². The number of carbonyl (C=O) groups is 6. The van der Waals surface area contributed by atoms with Gasteiger partial charge in [-0.2, -0.15) is 0 Å². The molecule has 0 fully saturated rings. The molecular formula is C55H68Cl2N2O12S2. The number of aryl methyl sites for hydroxylation is 2. The standard InChI is InChI=1S/2C27H33NO6S.CH2Cl2/c2*1-6-33-26(31)19-12-15-22-21(16-19)28(17-24(29)34-27(2,3)4)25(30)23(35-22)9-7-8-18-10-13-20(32-5)14-11-18;2-1-3/h2*10-16,23H,6-9,17H2,1-5H3;1H2/t23-;;/m1../s1. The number of esters is 4. The Bertz CT molecular complexity index is 2320. The Kier molecular flexibility index (Phi) is 23.8. The third kappa shape index (κ3) is 19.1. The van der Waals surface area contributed by atoms with Crippen LogP contribution >= 0.6 is 46.7 Å². The highest BCUT2D eigenvalue weighted by Crippen LogP contribution is 2.43. The number of halogens is 2. The van der Waals surface area contributed by atoms with Gasteiger partial charge in [0.1, 0.15) is 35.8 Å². The zero-order valence-corrected chi connectivity index (χ0v) is 46.5. The van der Waals surface area contributed by atoms with Gasteiger partial charge in [-0.05, 0) is 166 Å². The Morgan fingerprint density at radius 1 is 0.562 bits per heavy atom. The maximum atomic E-state index is 13.5. The fourth-order valence-electron chi connectivity index (χ4n) is 7.60. The molecule has 0 aromatic heterocycles. The predicted molar refractivity (Wildman–Crippen MR) is 289 cm³/mol. The number of hydrogen-bond acceptors (Lipinski definition) is 14. The first-order valence-electron chi connectivity index (χ1n) is 24.0. The van der Waals surface area contributed by atoms with Crippen LogP contribution in [-0.4, -0.2) is 103 Å². The molecule has 0 spiro atoms. The van der Waals surface area contributed by atoms with E-state index in [1.807, 2.05) is 60.7 Å². The van der Waals surface area contributed by atoms with E-state index in [1.54, 1.807) is 93.9 Å². The van der Waals surface area contributed by atoms with Crippen LogP contribution < -0.4 is 19.3 Å². The summed E-state index contributed by atoms with van der Waals surface area (Å²) in [5.41, 5.74) is 2.74. The summed E-state index contributed by atoms with van der Waals surface area (Å²) in [5.74, 6) is -0.637. The Balaban J connectivity index is 0.000000300. The molecule has 0 radical (unpaired) electrons. The molecule has 1 unspecified atom stereocenters. The summed E-state index contributed by atoms with van der Waals surface area (Å²) < 4.78 is 31.6. The lowest BCUT2D eigenvalue weighted by Crippen LogP contribution is -2.45. The number of thioether (sulfide) groups is 2. The van der Waals surface area contributed by atoms with E-state index in [0.717, 1.165) is 47.0 Å². The van der Waals surface area contributed by atoms with Crippen molar-refractivity contribution >= 4 is 93.8 Å². The largest absolute Gasteiger partial charge is 0.497 e. The van der Waals surface area contributed by atoms with Crippen LogP contribution in [0.5, 0.6) is 11.5 Å². The van der Waals surface area contributed by atoms with E-state index in [2.05, 4.69) is 0 Å². The quantitative estimate of drug-likeness (QED) is 0.0525. The highest BCUT2D eigenvalue weighted by Gasteiger charge is 2.37. The molecule has 2 heterocycles. The number of ether oxygens (including phenoxy) is 6. The maximum absolute atomic E-state index is 13.5. The van der Waals surface area contributed by atoms with Crippen LogP contribution in [0.1, 0.15) is 113 Å². The Labute approximate surface area is 448 Å². The van der Waals surface area contributed by atoms with E-state index in [4.69, 9.17) is 51.6 Å². The second-order valence-electron chi connectivity index (χ2n) is 18.6. The van der Waals surface area contributed by atoms with Crippen molar-refractivity contribution in [3.8, 4) is 11.5 Å². The van der Waals surface area contributed by atoms with Gasteiger partial charge in [0.15, 0.2) is 0 Å². The molecule has 14 nitrogen and oxygen atoms in total. The molecule has 2 aliphatic heterocycles. The molecule has 6 rings (SSSR count). The monoisotopic (exact) mass is 1080 g/mol. The summed E-state index contributed by atoms with van der Waals surface area (Å²) in [7, 11) is 3.27. The van der Waals surface area contributed by atoms with Crippen molar-refractivity contribution < 1.29 is 57.2 Å². The number of alkyl halides is 2. The molecule has 2 aliphatic rings. The van der Waals surface area contributed by atoms with Crippen molar-refractivity contribution in [1.82, 2.24) is 0 Å². The van der Waals surface area contributed by atoms with Crippen LogP contribution in [0.25, 0.3) is 0 Å². The molecule has 0 aliphatic carbocycles. The molecular weight excluding hydrogens is 1020 g/mol. The van der Waals surface area contributed by atoms with Gasteiger partial charge in [0.05, 0.1) is 65.8 Å². The number of fused-ring (bicyclic) bond motifs is 2. The van der Waals surface area contributed by atoms with Crippen molar-refractivity contribution in [3.63, 3.8) is 0 Å². The lowest BCUT2D eigenvalue weighted by Gasteiger charge is -2.34. The average Bonchev–Trinajstić information content (AvgIpc) is 3.33. The molecule has 0 saturated heterocycles. The average molecular weight is 1080 g/mol. The number of hydrogen-bond donors (Lipinski definition) is 0. The topological polar surface area (TPSA) is 164 Å². The second kappa shape index (κ2) is 28.9. The fraction of sp³-hybridized carbons (Fsp3) is 0.455. The van der Waals surface area contributed by atoms with Crippen LogP contribution in [0.3, 0.4) is 0 Å². The summed E-state index contributed by atoms with van der Waals surface area (Å²) >= 11 is 12.5. The zero-order valence-electron chi connectivity index (χ0n) is 43.4. The third-order valence-electron chi connectivity index (χ3n) is 10.7. The van der Waals surface area contributed by atoms with Gasteiger partial charge >= 0.3 is 23.9 Å². The number of amides is 2. The SMILES string of the molecule is CCOC(=O)c1ccc2c(c1)N(CC(=O)OC(C)(C)C)C(=O)C(CCCc1ccc(OC)cc1)S2.CCOC(=O)c1ccc2c(c1)N(CC(=O)OC(C)(C)C)C(=O)[C@@H](CCCc1ccc(OC)cc1)S2.ClCCl. The van der Waals surface area contributed by atoms with E-state index >= 15 is 0 Å². The fourth-order valence-corrected chi connectivity index (χ4v) is 10.1. The number of rotatable bonds is 18. The van der Waals surface area contributed by atoms with Crippen molar-refractivity contribution in [2.24, 2.45) is 0 Å². The minimum atomic E-state index is -0.669. The third-order valence-corrected chi connectivity index (χ3v) is 13.4. The Morgan fingerprint density at radius 2 is 0.904 bits per heavy atom. The number of anilines is 2. The zero-order chi connectivity index (χ0) is 53.9. The van der Waals surface area contributed by atoms with Crippen LogP contribution in [-0.2, 0) is 51.0 Å². The van der Waals surface area contributed by atoms with Crippen LogP contribution in [0.15, 0.2) is 94.7 Å². The number of carbonyl (C=O) groups excluding carboxylic acids is 6.